The molecule has 5 nitrogen and oxygen atoms in total. The number of aliphatic imine (C=N–C) groups is 1. The summed E-state index contributed by atoms with van der Waals surface area (Å²) < 4.78 is 6.69. The van der Waals surface area contributed by atoms with Crippen molar-refractivity contribution in [3.8, 4) is 0 Å². The van der Waals surface area contributed by atoms with Crippen LogP contribution in [0.2, 0.25) is 0 Å². The molecule has 0 spiro atoms. The molecular formula is C16H26BrN3O2S. The minimum atomic E-state index is -0.00425. The molecule has 3 N–H and O–H groups in total. The zero-order valence-corrected chi connectivity index (χ0v) is 16.0. The van der Waals surface area contributed by atoms with Crippen LogP contribution in [-0.2, 0) is 11.2 Å². The fourth-order valence-electron chi connectivity index (χ4n) is 2.67. The minimum Gasteiger partial charge on any atom is -0.396 e. The largest absolute Gasteiger partial charge is 0.396 e. The van der Waals surface area contributed by atoms with Gasteiger partial charge < -0.3 is 20.5 Å². The van der Waals surface area contributed by atoms with E-state index in [0.717, 1.165) is 44.9 Å². The molecule has 130 valence electrons. The second-order valence-electron chi connectivity index (χ2n) is 5.85. The topological polar surface area (TPSA) is 65.9 Å². The number of nitrogens with one attached hydrogen (secondary N) is 2. The Hall–Kier alpha value is -0.630. The Morgan fingerprint density at radius 2 is 2.35 bits per heavy atom. The lowest BCUT2D eigenvalue weighted by atomic mass is 9.84. The lowest BCUT2D eigenvalue weighted by Gasteiger charge is -2.24. The Morgan fingerprint density at radius 3 is 2.96 bits per heavy atom. The molecule has 0 aromatic carbocycles. The van der Waals surface area contributed by atoms with Crippen LogP contribution >= 0.6 is 27.3 Å². The third-order valence-electron chi connectivity index (χ3n) is 4.04. The highest BCUT2D eigenvalue weighted by Crippen LogP contribution is 2.32. The summed E-state index contributed by atoms with van der Waals surface area (Å²) in [5.41, 5.74) is -0.00425. The zero-order valence-electron chi connectivity index (χ0n) is 13.6. The Kier molecular flexibility index (Phi) is 7.82. The van der Waals surface area contributed by atoms with E-state index in [9.17, 15) is 5.11 Å². The van der Waals surface area contributed by atoms with Crippen molar-refractivity contribution in [1.29, 1.82) is 0 Å². The third kappa shape index (κ3) is 6.06. The molecule has 0 saturated carbocycles. The lowest BCUT2D eigenvalue weighted by molar-refractivity contribution is 0.131. The van der Waals surface area contributed by atoms with Crippen molar-refractivity contribution < 1.29 is 9.84 Å². The highest BCUT2D eigenvalue weighted by molar-refractivity contribution is 9.11. The van der Waals surface area contributed by atoms with Gasteiger partial charge in [0.1, 0.15) is 0 Å². The summed E-state index contributed by atoms with van der Waals surface area (Å²) >= 11 is 5.26. The van der Waals surface area contributed by atoms with Gasteiger partial charge in [0.2, 0.25) is 0 Å². The van der Waals surface area contributed by atoms with Crippen LogP contribution in [0.15, 0.2) is 20.9 Å². The normalized spacial score (nSPS) is 21.6. The van der Waals surface area contributed by atoms with Gasteiger partial charge in [0.15, 0.2) is 5.96 Å². The third-order valence-corrected chi connectivity index (χ3v) is 5.72. The van der Waals surface area contributed by atoms with Crippen LogP contribution in [0.3, 0.4) is 0 Å². The van der Waals surface area contributed by atoms with E-state index in [4.69, 9.17) is 9.73 Å². The number of aliphatic hydroxyl groups excluding tert-OH is 1. The van der Waals surface area contributed by atoms with Gasteiger partial charge in [-0.25, -0.2) is 0 Å². The molecule has 1 aliphatic rings. The molecule has 1 aliphatic heterocycles. The van der Waals surface area contributed by atoms with Gasteiger partial charge in [-0.3, -0.25) is 4.99 Å². The first-order valence-electron chi connectivity index (χ1n) is 8.12. The van der Waals surface area contributed by atoms with Crippen molar-refractivity contribution in [2.24, 2.45) is 10.4 Å². The Morgan fingerprint density at radius 1 is 1.48 bits per heavy atom. The van der Waals surface area contributed by atoms with Gasteiger partial charge in [0.05, 0.1) is 16.9 Å². The summed E-state index contributed by atoms with van der Waals surface area (Å²) in [7, 11) is 0. The number of hydrogen-bond donors (Lipinski definition) is 3. The van der Waals surface area contributed by atoms with Gasteiger partial charge >= 0.3 is 0 Å². The van der Waals surface area contributed by atoms with Gasteiger partial charge in [-0.1, -0.05) is 0 Å². The van der Waals surface area contributed by atoms with E-state index in [2.05, 4.69) is 45.6 Å². The molecule has 23 heavy (non-hydrogen) atoms. The van der Waals surface area contributed by atoms with Crippen molar-refractivity contribution in [3.63, 3.8) is 0 Å². The molecule has 1 unspecified atom stereocenters. The Balaban J connectivity index is 1.86. The molecule has 1 fully saturated rings. The number of guanidine groups is 1. The summed E-state index contributed by atoms with van der Waals surface area (Å²) in [5, 5.41) is 16.0. The van der Waals surface area contributed by atoms with Gasteiger partial charge in [0.25, 0.3) is 0 Å². The van der Waals surface area contributed by atoms with E-state index >= 15 is 0 Å². The first-order valence-corrected chi connectivity index (χ1v) is 9.73. The van der Waals surface area contributed by atoms with E-state index in [1.165, 1.54) is 8.66 Å². The van der Waals surface area contributed by atoms with Crippen molar-refractivity contribution in [3.05, 3.63) is 20.8 Å². The van der Waals surface area contributed by atoms with Crippen LogP contribution in [0.4, 0.5) is 0 Å². The molecule has 1 atom stereocenters. The maximum absolute atomic E-state index is 9.29. The second-order valence-corrected chi connectivity index (χ2v) is 8.40. The predicted molar refractivity (Wildman–Crippen MR) is 99.3 cm³/mol. The van der Waals surface area contributed by atoms with Crippen LogP contribution in [0.1, 0.15) is 24.6 Å². The molecular weight excluding hydrogens is 378 g/mol. The standard InChI is InChI=1S/C16H26BrN3O2S/c1-2-18-15(19-8-5-13-3-4-14(17)23-13)20-11-16(6-9-21)7-10-22-12-16/h3-4,21H,2,5-12H2,1H3,(H2,18,19,20). The van der Waals surface area contributed by atoms with Gasteiger partial charge in [-0.05, 0) is 54.2 Å². The molecule has 1 aromatic rings. The number of nitrogens with zero attached hydrogens (tertiary/aromatic N) is 1. The van der Waals surface area contributed by atoms with Crippen LogP contribution < -0.4 is 10.6 Å². The van der Waals surface area contributed by atoms with Crippen LogP contribution in [0, 0.1) is 5.41 Å². The number of thiophene rings is 1. The van der Waals surface area contributed by atoms with E-state index in [1.54, 1.807) is 11.3 Å². The number of aliphatic hydroxyl groups is 1. The van der Waals surface area contributed by atoms with E-state index in [-0.39, 0.29) is 12.0 Å². The molecule has 1 aromatic heterocycles. The summed E-state index contributed by atoms with van der Waals surface area (Å²) in [5.74, 6) is 0.840. The first-order chi connectivity index (χ1) is 11.2. The maximum atomic E-state index is 9.29. The van der Waals surface area contributed by atoms with Gasteiger partial charge in [0, 0.05) is 36.6 Å². The summed E-state index contributed by atoms with van der Waals surface area (Å²) in [6.45, 7) is 6.09. The van der Waals surface area contributed by atoms with E-state index in [0.29, 0.717) is 13.2 Å². The van der Waals surface area contributed by atoms with Crippen LogP contribution in [0.5, 0.6) is 0 Å². The highest BCUT2D eigenvalue weighted by Gasteiger charge is 2.34. The molecule has 7 heteroatoms. The lowest BCUT2D eigenvalue weighted by Crippen LogP contribution is -2.39. The van der Waals surface area contributed by atoms with Crippen molar-refractivity contribution in [2.75, 3.05) is 39.5 Å². The highest BCUT2D eigenvalue weighted by atomic mass is 79.9. The monoisotopic (exact) mass is 403 g/mol. The molecule has 0 aliphatic carbocycles. The molecule has 1 saturated heterocycles. The van der Waals surface area contributed by atoms with Crippen molar-refractivity contribution >= 4 is 33.2 Å². The maximum Gasteiger partial charge on any atom is 0.191 e. The average molecular weight is 404 g/mol. The fourth-order valence-corrected chi connectivity index (χ4v) is 4.15. The summed E-state index contributed by atoms with van der Waals surface area (Å²) in [6.07, 6.45) is 2.70. The average Bonchev–Trinajstić information content (AvgIpc) is 3.15. The van der Waals surface area contributed by atoms with Crippen molar-refractivity contribution in [2.45, 2.75) is 26.2 Å². The Bertz CT molecular complexity index is 501. The van der Waals surface area contributed by atoms with Gasteiger partial charge in [-0.2, -0.15) is 0 Å². The predicted octanol–water partition coefficient (Wildman–Crippen LogP) is 2.40. The number of rotatable bonds is 8. The summed E-state index contributed by atoms with van der Waals surface area (Å²) in [6, 6.07) is 4.23. The number of ether oxygens (including phenoxy) is 1. The van der Waals surface area contributed by atoms with E-state index < -0.39 is 0 Å². The Labute approximate surface area is 150 Å². The molecule has 2 rings (SSSR count). The van der Waals surface area contributed by atoms with Gasteiger partial charge in [-0.15, -0.1) is 11.3 Å². The number of halogens is 1. The van der Waals surface area contributed by atoms with Crippen LogP contribution in [-0.4, -0.2) is 50.5 Å². The zero-order chi connectivity index (χ0) is 16.5. The minimum absolute atomic E-state index is 0.00425. The first kappa shape index (κ1) is 18.7. The smallest absolute Gasteiger partial charge is 0.191 e. The van der Waals surface area contributed by atoms with E-state index in [1.807, 2.05) is 0 Å². The quantitative estimate of drug-likeness (QED) is 0.460. The molecule has 2 heterocycles. The SMILES string of the molecule is CCNC(=NCC1(CCO)CCOC1)NCCc1ccc(Br)s1. The van der Waals surface area contributed by atoms with Crippen LogP contribution in [0.25, 0.3) is 0 Å². The molecule has 0 amide bonds. The fraction of sp³-hybridized carbons (Fsp3) is 0.688. The summed E-state index contributed by atoms with van der Waals surface area (Å²) in [4.78, 5) is 6.07. The molecule has 0 bridgehead atoms. The second kappa shape index (κ2) is 9.61. The van der Waals surface area contributed by atoms with Crippen molar-refractivity contribution in [1.82, 2.24) is 10.6 Å². The number of hydrogen-bond acceptors (Lipinski definition) is 4. The molecule has 0 radical (unpaired) electrons.